The summed E-state index contributed by atoms with van der Waals surface area (Å²) in [5.41, 5.74) is 2.00. The molecular weight excluding hydrogens is 245 g/mol. The summed E-state index contributed by atoms with van der Waals surface area (Å²) < 4.78 is 13.0. The Morgan fingerprint density at radius 1 is 1.53 bits per heavy atom. The number of fused-ring (bicyclic) bond motifs is 1. The van der Waals surface area contributed by atoms with Crippen molar-refractivity contribution < 1.29 is 9.18 Å². The molecule has 0 aliphatic rings. The fraction of sp³-hybridized carbons (Fsp3) is 0.286. The highest BCUT2D eigenvalue weighted by Crippen LogP contribution is 2.12. The van der Waals surface area contributed by atoms with E-state index in [-0.39, 0.29) is 11.7 Å². The molecule has 5 heteroatoms. The fourth-order valence-electron chi connectivity index (χ4n) is 1.82. The standard InChI is InChI=1S/C14H16FN3O/c1-3-4-9(2)14(19)16-8-13-17-11-6-5-10(15)7-12(11)18-13/h4-7H,3,8H2,1-2H3,(H,16,19)(H,17,18)/b9-4+. The molecule has 1 heterocycles. The SMILES string of the molecule is CC/C=C(\C)C(=O)NCc1nc2ccc(F)cc2[nH]1. The second-order valence-electron chi connectivity index (χ2n) is 4.32. The van der Waals surface area contributed by atoms with E-state index in [1.165, 1.54) is 12.1 Å². The van der Waals surface area contributed by atoms with Crippen LogP contribution in [0.15, 0.2) is 29.8 Å². The number of H-pyrrole nitrogens is 1. The summed E-state index contributed by atoms with van der Waals surface area (Å²) in [5.74, 6) is 0.181. The van der Waals surface area contributed by atoms with Crippen LogP contribution in [0.25, 0.3) is 11.0 Å². The van der Waals surface area contributed by atoms with Crippen molar-refractivity contribution in [2.24, 2.45) is 0 Å². The van der Waals surface area contributed by atoms with E-state index >= 15 is 0 Å². The van der Waals surface area contributed by atoms with Crippen molar-refractivity contribution in [3.63, 3.8) is 0 Å². The van der Waals surface area contributed by atoms with E-state index in [0.29, 0.717) is 29.0 Å². The first-order valence-corrected chi connectivity index (χ1v) is 6.19. The number of imidazole rings is 1. The smallest absolute Gasteiger partial charge is 0.246 e. The molecule has 1 amide bonds. The van der Waals surface area contributed by atoms with Crippen LogP contribution in [-0.4, -0.2) is 15.9 Å². The Bertz CT molecular complexity index is 631. The first kappa shape index (κ1) is 13.3. The number of halogens is 1. The van der Waals surface area contributed by atoms with Crippen LogP contribution in [0.3, 0.4) is 0 Å². The number of nitrogens with zero attached hydrogens (tertiary/aromatic N) is 1. The van der Waals surface area contributed by atoms with Gasteiger partial charge in [0.2, 0.25) is 5.91 Å². The molecule has 1 aromatic heterocycles. The molecule has 0 aliphatic heterocycles. The molecule has 2 rings (SSSR count). The lowest BCUT2D eigenvalue weighted by Gasteiger charge is -2.02. The van der Waals surface area contributed by atoms with Gasteiger partial charge in [0.05, 0.1) is 17.6 Å². The number of carbonyl (C=O) groups excluding carboxylic acids is 1. The highest BCUT2D eigenvalue weighted by molar-refractivity contribution is 5.92. The topological polar surface area (TPSA) is 57.8 Å². The molecule has 0 unspecified atom stereocenters. The highest BCUT2D eigenvalue weighted by atomic mass is 19.1. The van der Waals surface area contributed by atoms with Crippen molar-refractivity contribution in [2.45, 2.75) is 26.8 Å². The van der Waals surface area contributed by atoms with Gasteiger partial charge in [0, 0.05) is 5.57 Å². The van der Waals surface area contributed by atoms with Gasteiger partial charge in [0.1, 0.15) is 11.6 Å². The number of amides is 1. The van der Waals surface area contributed by atoms with Gasteiger partial charge in [-0.3, -0.25) is 4.79 Å². The van der Waals surface area contributed by atoms with Gasteiger partial charge in [-0.1, -0.05) is 13.0 Å². The summed E-state index contributed by atoms with van der Waals surface area (Å²) in [6.45, 7) is 4.04. The minimum absolute atomic E-state index is 0.117. The van der Waals surface area contributed by atoms with Gasteiger partial charge >= 0.3 is 0 Å². The first-order chi connectivity index (χ1) is 9.10. The average molecular weight is 261 g/mol. The number of rotatable bonds is 4. The predicted octanol–water partition coefficient (Wildman–Crippen LogP) is 2.67. The van der Waals surface area contributed by atoms with Crippen LogP contribution in [0.1, 0.15) is 26.1 Å². The van der Waals surface area contributed by atoms with Gasteiger partial charge in [0.15, 0.2) is 0 Å². The lowest BCUT2D eigenvalue weighted by Crippen LogP contribution is -2.24. The van der Waals surface area contributed by atoms with Crippen LogP contribution < -0.4 is 5.32 Å². The third kappa shape index (κ3) is 3.19. The number of hydrogen-bond donors (Lipinski definition) is 2. The van der Waals surface area contributed by atoms with Crippen LogP contribution in [-0.2, 0) is 11.3 Å². The molecule has 19 heavy (non-hydrogen) atoms. The van der Waals surface area contributed by atoms with Crippen molar-refractivity contribution in [2.75, 3.05) is 0 Å². The molecule has 0 atom stereocenters. The van der Waals surface area contributed by atoms with E-state index in [9.17, 15) is 9.18 Å². The van der Waals surface area contributed by atoms with E-state index in [1.54, 1.807) is 13.0 Å². The maximum atomic E-state index is 13.0. The lowest BCUT2D eigenvalue weighted by atomic mass is 10.2. The molecule has 0 spiro atoms. The van der Waals surface area contributed by atoms with Crippen LogP contribution >= 0.6 is 0 Å². The molecule has 0 bridgehead atoms. The number of carbonyl (C=O) groups is 1. The van der Waals surface area contributed by atoms with E-state index in [4.69, 9.17) is 0 Å². The largest absolute Gasteiger partial charge is 0.345 e. The zero-order chi connectivity index (χ0) is 13.8. The zero-order valence-electron chi connectivity index (χ0n) is 11.0. The summed E-state index contributed by atoms with van der Waals surface area (Å²) in [4.78, 5) is 18.9. The summed E-state index contributed by atoms with van der Waals surface area (Å²) in [6.07, 6.45) is 2.69. The van der Waals surface area contributed by atoms with Gasteiger partial charge < -0.3 is 10.3 Å². The van der Waals surface area contributed by atoms with E-state index in [2.05, 4.69) is 15.3 Å². The summed E-state index contributed by atoms with van der Waals surface area (Å²) in [6, 6.07) is 4.35. The van der Waals surface area contributed by atoms with Gasteiger partial charge in [-0.15, -0.1) is 0 Å². The van der Waals surface area contributed by atoms with Crippen LogP contribution in [0.4, 0.5) is 4.39 Å². The Balaban J connectivity index is 2.06. The van der Waals surface area contributed by atoms with Crippen molar-refractivity contribution in [1.29, 1.82) is 0 Å². The van der Waals surface area contributed by atoms with Crippen molar-refractivity contribution >= 4 is 16.9 Å². The molecule has 100 valence electrons. The summed E-state index contributed by atoms with van der Waals surface area (Å²) in [5, 5.41) is 2.76. The highest BCUT2D eigenvalue weighted by Gasteiger charge is 2.07. The average Bonchev–Trinajstić information content (AvgIpc) is 2.78. The maximum absolute atomic E-state index is 13.0. The first-order valence-electron chi connectivity index (χ1n) is 6.19. The van der Waals surface area contributed by atoms with Crippen LogP contribution in [0.2, 0.25) is 0 Å². The Hall–Kier alpha value is -2.17. The molecule has 4 nitrogen and oxygen atoms in total. The van der Waals surface area contributed by atoms with E-state index in [0.717, 1.165) is 6.42 Å². The minimum Gasteiger partial charge on any atom is -0.345 e. The number of allylic oxidation sites excluding steroid dienone is 1. The second-order valence-corrected chi connectivity index (χ2v) is 4.32. The summed E-state index contributed by atoms with van der Waals surface area (Å²) >= 11 is 0. The van der Waals surface area contributed by atoms with Gasteiger partial charge in [-0.25, -0.2) is 9.37 Å². The number of nitrogens with one attached hydrogen (secondary N) is 2. The van der Waals surface area contributed by atoms with Crippen molar-refractivity contribution in [3.05, 3.63) is 41.5 Å². The monoisotopic (exact) mass is 261 g/mol. The Labute approximate surface area is 110 Å². The number of aromatic amines is 1. The van der Waals surface area contributed by atoms with Crippen molar-refractivity contribution in [1.82, 2.24) is 15.3 Å². The van der Waals surface area contributed by atoms with E-state index in [1.807, 2.05) is 13.0 Å². The second kappa shape index (κ2) is 5.65. The van der Waals surface area contributed by atoms with Gasteiger partial charge in [0.25, 0.3) is 0 Å². The third-order valence-electron chi connectivity index (χ3n) is 2.78. The lowest BCUT2D eigenvalue weighted by molar-refractivity contribution is -0.117. The number of aromatic nitrogens is 2. The molecule has 0 saturated carbocycles. The maximum Gasteiger partial charge on any atom is 0.246 e. The third-order valence-corrected chi connectivity index (χ3v) is 2.78. The molecule has 0 saturated heterocycles. The zero-order valence-corrected chi connectivity index (χ0v) is 11.0. The predicted molar refractivity (Wildman–Crippen MR) is 71.9 cm³/mol. The minimum atomic E-state index is -0.312. The fourth-order valence-corrected chi connectivity index (χ4v) is 1.82. The van der Waals surface area contributed by atoms with E-state index < -0.39 is 0 Å². The Morgan fingerprint density at radius 3 is 3.05 bits per heavy atom. The molecule has 0 radical (unpaired) electrons. The Morgan fingerprint density at radius 2 is 2.32 bits per heavy atom. The molecule has 0 aliphatic carbocycles. The van der Waals surface area contributed by atoms with Crippen LogP contribution in [0, 0.1) is 5.82 Å². The quantitative estimate of drug-likeness (QED) is 0.831. The molecule has 1 aromatic carbocycles. The number of benzene rings is 1. The molecule has 2 N–H and O–H groups in total. The molecule has 2 aromatic rings. The van der Waals surface area contributed by atoms with Gasteiger partial charge in [-0.05, 0) is 31.5 Å². The van der Waals surface area contributed by atoms with Crippen LogP contribution in [0.5, 0.6) is 0 Å². The molecular formula is C14H16FN3O. The Kier molecular flexibility index (Phi) is 3.94. The summed E-state index contributed by atoms with van der Waals surface area (Å²) in [7, 11) is 0. The van der Waals surface area contributed by atoms with Crippen molar-refractivity contribution in [3.8, 4) is 0 Å². The van der Waals surface area contributed by atoms with Gasteiger partial charge in [-0.2, -0.15) is 0 Å². The molecule has 0 fully saturated rings. The number of hydrogen-bond acceptors (Lipinski definition) is 2. The normalized spacial score (nSPS) is 11.8.